The first-order chi connectivity index (χ1) is 8.59. The highest BCUT2D eigenvalue weighted by molar-refractivity contribution is 9.10. The second-order valence-corrected chi connectivity index (χ2v) is 4.89. The quantitative estimate of drug-likeness (QED) is 0.868. The minimum atomic E-state index is -0.00952. The molecule has 0 saturated carbocycles. The molecule has 0 saturated heterocycles. The van der Waals surface area contributed by atoms with Gasteiger partial charge in [0.1, 0.15) is 12.4 Å². The Kier molecular flexibility index (Phi) is 6.31. The fraction of sp³-hybridized carbons (Fsp3) is 0.357. The molecule has 1 N–H and O–H groups in total. The molecule has 0 atom stereocenters. The topological polar surface area (TPSA) is 38.3 Å². The molecular weight excluding hydrogens is 294 g/mol. The SMILES string of the molecule is CC(C)C(=O)NCC#CCOc1cccc(Br)c1. The first kappa shape index (κ1) is 14.6. The third-order valence-electron chi connectivity index (χ3n) is 2.11. The average Bonchev–Trinajstić information content (AvgIpc) is 2.33. The molecule has 96 valence electrons. The van der Waals surface area contributed by atoms with E-state index in [1.54, 1.807) is 0 Å². The van der Waals surface area contributed by atoms with E-state index in [9.17, 15) is 4.79 Å². The van der Waals surface area contributed by atoms with E-state index in [0.29, 0.717) is 13.2 Å². The molecule has 0 bridgehead atoms. The van der Waals surface area contributed by atoms with Crippen molar-refractivity contribution in [3.8, 4) is 17.6 Å². The lowest BCUT2D eigenvalue weighted by atomic mass is 10.2. The fourth-order valence-corrected chi connectivity index (χ4v) is 1.50. The van der Waals surface area contributed by atoms with Gasteiger partial charge in [-0.1, -0.05) is 47.7 Å². The third kappa shape index (κ3) is 5.74. The van der Waals surface area contributed by atoms with Gasteiger partial charge in [0, 0.05) is 10.4 Å². The molecule has 0 fully saturated rings. The number of benzene rings is 1. The molecule has 0 aliphatic heterocycles. The highest BCUT2D eigenvalue weighted by Gasteiger charge is 2.03. The smallest absolute Gasteiger partial charge is 0.223 e. The van der Waals surface area contributed by atoms with Gasteiger partial charge in [-0.05, 0) is 18.2 Å². The summed E-state index contributed by atoms with van der Waals surface area (Å²) in [6.45, 7) is 4.37. The highest BCUT2D eigenvalue weighted by Crippen LogP contribution is 2.17. The lowest BCUT2D eigenvalue weighted by Gasteiger charge is -2.03. The van der Waals surface area contributed by atoms with E-state index in [1.165, 1.54) is 0 Å². The number of carbonyl (C=O) groups is 1. The molecule has 1 amide bonds. The minimum Gasteiger partial charge on any atom is -0.481 e. The van der Waals surface area contributed by atoms with E-state index in [4.69, 9.17) is 4.74 Å². The molecule has 1 rings (SSSR count). The van der Waals surface area contributed by atoms with Crippen LogP contribution < -0.4 is 10.1 Å². The van der Waals surface area contributed by atoms with Crippen LogP contribution in [0, 0.1) is 17.8 Å². The van der Waals surface area contributed by atoms with Gasteiger partial charge in [0.05, 0.1) is 6.54 Å². The highest BCUT2D eigenvalue weighted by atomic mass is 79.9. The molecule has 3 nitrogen and oxygen atoms in total. The summed E-state index contributed by atoms with van der Waals surface area (Å²) >= 11 is 3.36. The minimum absolute atomic E-state index is 0.00952. The monoisotopic (exact) mass is 309 g/mol. The summed E-state index contributed by atoms with van der Waals surface area (Å²) in [7, 11) is 0. The number of carbonyl (C=O) groups excluding carboxylic acids is 1. The van der Waals surface area contributed by atoms with Gasteiger partial charge in [0.15, 0.2) is 0 Å². The number of rotatable bonds is 4. The normalized spacial score (nSPS) is 9.56. The van der Waals surface area contributed by atoms with Crippen molar-refractivity contribution in [1.82, 2.24) is 5.32 Å². The standard InChI is InChI=1S/C14H16BrNO2/c1-11(2)14(17)16-8-3-4-9-18-13-7-5-6-12(15)10-13/h5-7,10-11H,8-9H2,1-2H3,(H,16,17). The Bertz CT molecular complexity index is 460. The van der Waals surface area contributed by atoms with Crippen LogP contribution in [0.5, 0.6) is 5.75 Å². The molecule has 0 heterocycles. The van der Waals surface area contributed by atoms with Crippen LogP contribution in [-0.2, 0) is 4.79 Å². The number of halogens is 1. The van der Waals surface area contributed by atoms with Crippen LogP contribution in [0.2, 0.25) is 0 Å². The predicted octanol–water partition coefficient (Wildman–Crippen LogP) is 2.60. The summed E-state index contributed by atoms with van der Waals surface area (Å²) < 4.78 is 6.39. The van der Waals surface area contributed by atoms with Crippen molar-refractivity contribution in [2.75, 3.05) is 13.2 Å². The van der Waals surface area contributed by atoms with E-state index in [1.807, 2.05) is 38.1 Å². The molecule has 1 aromatic carbocycles. The van der Waals surface area contributed by atoms with Crippen LogP contribution in [0.4, 0.5) is 0 Å². The molecule has 0 aliphatic carbocycles. The maximum absolute atomic E-state index is 11.2. The van der Waals surface area contributed by atoms with Crippen LogP contribution in [0.25, 0.3) is 0 Å². The largest absolute Gasteiger partial charge is 0.481 e. The second-order valence-electron chi connectivity index (χ2n) is 3.97. The number of hydrogen-bond donors (Lipinski definition) is 1. The molecule has 0 radical (unpaired) electrons. The average molecular weight is 310 g/mol. The third-order valence-corrected chi connectivity index (χ3v) is 2.60. The maximum Gasteiger partial charge on any atom is 0.223 e. The zero-order valence-electron chi connectivity index (χ0n) is 10.5. The van der Waals surface area contributed by atoms with Gasteiger partial charge in [0.25, 0.3) is 0 Å². The number of amides is 1. The van der Waals surface area contributed by atoms with E-state index < -0.39 is 0 Å². The Labute approximate surface area is 116 Å². The van der Waals surface area contributed by atoms with Gasteiger partial charge in [-0.2, -0.15) is 0 Å². The molecule has 0 aromatic heterocycles. The summed E-state index contributed by atoms with van der Waals surface area (Å²) in [5, 5.41) is 2.71. The van der Waals surface area contributed by atoms with Gasteiger partial charge >= 0.3 is 0 Å². The van der Waals surface area contributed by atoms with Crippen molar-refractivity contribution in [2.45, 2.75) is 13.8 Å². The first-order valence-corrected chi connectivity index (χ1v) is 6.50. The summed E-state index contributed by atoms with van der Waals surface area (Å²) in [5.41, 5.74) is 0. The van der Waals surface area contributed by atoms with Crippen LogP contribution in [0.3, 0.4) is 0 Å². The molecule has 1 aromatic rings. The lowest BCUT2D eigenvalue weighted by molar-refractivity contribution is -0.123. The van der Waals surface area contributed by atoms with E-state index in [2.05, 4.69) is 33.1 Å². The van der Waals surface area contributed by atoms with Crippen molar-refractivity contribution in [1.29, 1.82) is 0 Å². The molecule has 4 heteroatoms. The number of nitrogens with one attached hydrogen (secondary N) is 1. The van der Waals surface area contributed by atoms with Crippen molar-refractivity contribution in [2.24, 2.45) is 5.92 Å². The van der Waals surface area contributed by atoms with Crippen LogP contribution in [-0.4, -0.2) is 19.1 Å². The summed E-state index contributed by atoms with van der Waals surface area (Å²) in [4.78, 5) is 11.2. The first-order valence-electron chi connectivity index (χ1n) is 5.71. The van der Waals surface area contributed by atoms with Crippen molar-refractivity contribution in [3.05, 3.63) is 28.7 Å². The summed E-state index contributed by atoms with van der Waals surface area (Å²) in [6.07, 6.45) is 0. The van der Waals surface area contributed by atoms with E-state index in [0.717, 1.165) is 10.2 Å². The second kappa shape index (κ2) is 7.78. The Morgan fingerprint density at radius 1 is 1.44 bits per heavy atom. The summed E-state index contributed by atoms with van der Waals surface area (Å²) in [5.74, 6) is 6.45. The van der Waals surface area contributed by atoms with Crippen LogP contribution >= 0.6 is 15.9 Å². The van der Waals surface area contributed by atoms with Gasteiger partial charge in [-0.3, -0.25) is 4.79 Å². The predicted molar refractivity (Wildman–Crippen MR) is 75.3 cm³/mol. The molecule has 0 spiro atoms. The van der Waals surface area contributed by atoms with Crippen LogP contribution in [0.1, 0.15) is 13.8 Å². The molecule has 18 heavy (non-hydrogen) atoms. The number of ether oxygens (including phenoxy) is 1. The van der Waals surface area contributed by atoms with Crippen LogP contribution in [0.15, 0.2) is 28.7 Å². The van der Waals surface area contributed by atoms with Gasteiger partial charge in [0.2, 0.25) is 5.91 Å². The summed E-state index contributed by atoms with van der Waals surface area (Å²) in [6, 6.07) is 7.57. The van der Waals surface area contributed by atoms with Gasteiger partial charge in [-0.25, -0.2) is 0 Å². The van der Waals surface area contributed by atoms with E-state index >= 15 is 0 Å². The zero-order chi connectivity index (χ0) is 13.4. The van der Waals surface area contributed by atoms with Gasteiger partial charge in [-0.15, -0.1) is 0 Å². The lowest BCUT2D eigenvalue weighted by Crippen LogP contribution is -2.27. The number of hydrogen-bond acceptors (Lipinski definition) is 2. The maximum atomic E-state index is 11.2. The Hall–Kier alpha value is -1.47. The molecular formula is C14H16BrNO2. The van der Waals surface area contributed by atoms with Crippen molar-refractivity contribution >= 4 is 21.8 Å². The molecule has 0 unspecified atom stereocenters. The van der Waals surface area contributed by atoms with Crippen molar-refractivity contribution in [3.63, 3.8) is 0 Å². The molecule has 0 aliphatic rings. The van der Waals surface area contributed by atoms with Gasteiger partial charge < -0.3 is 10.1 Å². The Balaban J connectivity index is 2.24. The van der Waals surface area contributed by atoms with E-state index in [-0.39, 0.29) is 11.8 Å². The Morgan fingerprint density at radius 2 is 2.22 bits per heavy atom. The Morgan fingerprint density at radius 3 is 2.89 bits per heavy atom. The fourth-order valence-electron chi connectivity index (χ4n) is 1.13. The van der Waals surface area contributed by atoms with Crippen molar-refractivity contribution < 1.29 is 9.53 Å². The zero-order valence-corrected chi connectivity index (χ0v) is 12.1.